The number of aromatic nitrogens is 2. The molecule has 1 aliphatic rings. The molecule has 0 fully saturated rings. The molecule has 0 bridgehead atoms. The Morgan fingerprint density at radius 2 is 2.04 bits per heavy atom. The molecule has 3 aromatic rings. The Hall–Kier alpha value is -3.15. The van der Waals surface area contributed by atoms with Gasteiger partial charge in [0.05, 0.1) is 17.4 Å². The monoisotopic (exact) mass is 348 g/mol. The molecule has 2 heterocycles. The summed E-state index contributed by atoms with van der Waals surface area (Å²) >= 11 is 0. The quantitative estimate of drug-likeness (QED) is 0.788. The van der Waals surface area contributed by atoms with Crippen LogP contribution in [0.25, 0.3) is 11.0 Å². The first-order valence-corrected chi connectivity index (χ1v) is 8.72. The van der Waals surface area contributed by atoms with Crippen molar-refractivity contribution in [3.05, 3.63) is 54.4 Å². The van der Waals surface area contributed by atoms with E-state index in [9.17, 15) is 9.59 Å². The highest BCUT2D eigenvalue weighted by Crippen LogP contribution is 2.30. The lowest BCUT2D eigenvalue weighted by atomic mass is 10.1. The second-order valence-corrected chi connectivity index (χ2v) is 6.49. The molecular formula is C20H20N4O2. The van der Waals surface area contributed by atoms with E-state index in [4.69, 9.17) is 0 Å². The van der Waals surface area contributed by atoms with E-state index in [1.54, 1.807) is 18.2 Å². The number of imidazole rings is 1. The number of hydrogen-bond donors (Lipinski definition) is 1. The molecule has 2 amide bonds. The van der Waals surface area contributed by atoms with Gasteiger partial charge in [0, 0.05) is 37.8 Å². The number of anilines is 2. The third-order valence-electron chi connectivity index (χ3n) is 4.75. The Morgan fingerprint density at radius 1 is 1.19 bits per heavy atom. The van der Waals surface area contributed by atoms with E-state index < -0.39 is 0 Å². The lowest BCUT2D eigenvalue weighted by molar-refractivity contribution is -0.117. The molecule has 0 atom stereocenters. The molecule has 0 saturated heterocycles. The Bertz CT molecular complexity index is 992. The Balaban J connectivity index is 1.40. The van der Waals surface area contributed by atoms with Gasteiger partial charge in [0.1, 0.15) is 0 Å². The minimum Gasteiger partial charge on any atom is -0.330 e. The predicted molar refractivity (Wildman–Crippen MR) is 101 cm³/mol. The first-order chi connectivity index (χ1) is 12.6. The van der Waals surface area contributed by atoms with Gasteiger partial charge < -0.3 is 14.8 Å². The molecule has 26 heavy (non-hydrogen) atoms. The molecule has 132 valence electrons. The van der Waals surface area contributed by atoms with Gasteiger partial charge in [0.15, 0.2) is 0 Å². The molecular weight excluding hydrogens is 328 g/mol. The predicted octanol–water partition coefficient (Wildman–Crippen LogP) is 2.97. The van der Waals surface area contributed by atoms with Gasteiger partial charge in [-0.05, 0) is 42.3 Å². The summed E-state index contributed by atoms with van der Waals surface area (Å²) < 4.78 is 1.99. The van der Waals surface area contributed by atoms with E-state index in [1.807, 2.05) is 47.0 Å². The van der Waals surface area contributed by atoms with Crippen LogP contribution in [0.5, 0.6) is 0 Å². The van der Waals surface area contributed by atoms with Crippen molar-refractivity contribution in [1.29, 1.82) is 0 Å². The summed E-state index contributed by atoms with van der Waals surface area (Å²) in [6, 6.07) is 13.6. The van der Waals surface area contributed by atoms with Crippen molar-refractivity contribution in [3.8, 4) is 0 Å². The lowest BCUT2D eigenvalue weighted by Gasteiger charge is -2.15. The highest BCUT2D eigenvalue weighted by atomic mass is 16.2. The number of nitrogens with zero attached hydrogens (tertiary/aromatic N) is 3. The molecule has 1 aliphatic heterocycles. The number of benzene rings is 2. The van der Waals surface area contributed by atoms with E-state index in [2.05, 4.69) is 10.3 Å². The molecule has 2 aromatic carbocycles. The van der Waals surface area contributed by atoms with Crippen molar-refractivity contribution < 1.29 is 9.59 Å². The maximum atomic E-state index is 12.3. The number of fused-ring (bicyclic) bond motifs is 2. The molecule has 0 unspecified atom stereocenters. The minimum atomic E-state index is -0.0378. The molecule has 4 rings (SSSR count). The van der Waals surface area contributed by atoms with Crippen LogP contribution in [0.1, 0.15) is 18.9 Å². The highest BCUT2D eigenvalue weighted by molar-refractivity contribution is 5.95. The van der Waals surface area contributed by atoms with Crippen LogP contribution in [-0.4, -0.2) is 27.9 Å². The fraction of sp³-hybridized carbons (Fsp3) is 0.250. The van der Waals surface area contributed by atoms with Crippen molar-refractivity contribution in [2.24, 2.45) is 0 Å². The van der Waals surface area contributed by atoms with Gasteiger partial charge in [-0.1, -0.05) is 12.1 Å². The first-order valence-electron chi connectivity index (χ1n) is 8.72. The van der Waals surface area contributed by atoms with Crippen LogP contribution in [0.3, 0.4) is 0 Å². The standard InChI is InChI=1S/C20H20N4O2/c1-14(25)24-11-8-15-12-16(6-7-18(15)24)22-20(26)9-10-23-13-21-17-4-2-3-5-19(17)23/h2-7,12-13H,8-11H2,1H3,(H,22,26). The smallest absolute Gasteiger partial charge is 0.226 e. The van der Waals surface area contributed by atoms with Gasteiger partial charge in [0.25, 0.3) is 0 Å². The zero-order valence-electron chi connectivity index (χ0n) is 14.6. The van der Waals surface area contributed by atoms with Crippen molar-refractivity contribution in [2.75, 3.05) is 16.8 Å². The summed E-state index contributed by atoms with van der Waals surface area (Å²) in [6.07, 6.45) is 2.96. The van der Waals surface area contributed by atoms with Crippen LogP contribution < -0.4 is 10.2 Å². The van der Waals surface area contributed by atoms with E-state index in [0.717, 1.165) is 34.4 Å². The second kappa shape index (κ2) is 6.63. The summed E-state index contributed by atoms with van der Waals surface area (Å²) in [5, 5.41) is 2.95. The number of aryl methyl sites for hydroxylation is 1. The fourth-order valence-corrected chi connectivity index (χ4v) is 3.44. The second-order valence-electron chi connectivity index (χ2n) is 6.49. The molecule has 0 aliphatic carbocycles. The number of para-hydroxylation sites is 2. The third-order valence-corrected chi connectivity index (χ3v) is 4.75. The topological polar surface area (TPSA) is 67.2 Å². The number of rotatable bonds is 4. The Morgan fingerprint density at radius 3 is 2.88 bits per heavy atom. The Kier molecular flexibility index (Phi) is 4.16. The molecule has 0 radical (unpaired) electrons. The average Bonchev–Trinajstić information content (AvgIpc) is 3.23. The number of hydrogen-bond acceptors (Lipinski definition) is 3. The van der Waals surface area contributed by atoms with Crippen molar-refractivity contribution in [1.82, 2.24) is 9.55 Å². The summed E-state index contributed by atoms with van der Waals surface area (Å²) in [5.74, 6) is 0.0113. The van der Waals surface area contributed by atoms with Gasteiger partial charge in [0.2, 0.25) is 11.8 Å². The molecule has 6 nitrogen and oxygen atoms in total. The maximum Gasteiger partial charge on any atom is 0.226 e. The number of carbonyl (C=O) groups excluding carboxylic acids is 2. The summed E-state index contributed by atoms with van der Waals surface area (Å²) in [4.78, 5) is 30.0. The van der Waals surface area contributed by atoms with Gasteiger partial charge in [-0.2, -0.15) is 0 Å². The summed E-state index contributed by atoms with van der Waals surface area (Å²) in [7, 11) is 0. The van der Waals surface area contributed by atoms with E-state index >= 15 is 0 Å². The third kappa shape index (κ3) is 3.06. The largest absolute Gasteiger partial charge is 0.330 e. The SMILES string of the molecule is CC(=O)N1CCc2cc(NC(=O)CCn3cnc4ccccc43)ccc21. The van der Waals surface area contributed by atoms with Gasteiger partial charge >= 0.3 is 0 Å². The van der Waals surface area contributed by atoms with Gasteiger partial charge in [-0.3, -0.25) is 9.59 Å². The molecule has 1 aromatic heterocycles. The average molecular weight is 348 g/mol. The van der Waals surface area contributed by atoms with Crippen molar-refractivity contribution >= 4 is 34.2 Å². The minimum absolute atomic E-state index is 0.0378. The molecule has 0 spiro atoms. The lowest BCUT2D eigenvalue weighted by Crippen LogP contribution is -2.25. The van der Waals surface area contributed by atoms with Crippen LogP contribution in [0, 0.1) is 0 Å². The zero-order chi connectivity index (χ0) is 18.1. The van der Waals surface area contributed by atoms with Crippen LogP contribution in [-0.2, 0) is 22.6 Å². The number of carbonyl (C=O) groups is 2. The van der Waals surface area contributed by atoms with Crippen molar-refractivity contribution in [2.45, 2.75) is 26.3 Å². The van der Waals surface area contributed by atoms with E-state index in [1.165, 1.54) is 0 Å². The first kappa shape index (κ1) is 16.3. The summed E-state index contributed by atoms with van der Waals surface area (Å²) in [5.41, 5.74) is 4.78. The number of amides is 2. The van der Waals surface area contributed by atoms with E-state index in [0.29, 0.717) is 19.5 Å². The maximum absolute atomic E-state index is 12.3. The highest BCUT2D eigenvalue weighted by Gasteiger charge is 2.22. The van der Waals surface area contributed by atoms with Crippen LogP contribution in [0.15, 0.2) is 48.8 Å². The van der Waals surface area contributed by atoms with Gasteiger partial charge in [-0.25, -0.2) is 4.98 Å². The Labute approximate surface area is 151 Å². The van der Waals surface area contributed by atoms with Crippen LogP contribution in [0.4, 0.5) is 11.4 Å². The zero-order valence-corrected chi connectivity index (χ0v) is 14.6. The summed E-state index contributed by atoms with van der Waals surface area (Å²) in [6.45, 7) is 2.86. The number of nitrogens with one attached hydrogen (secondary N) is 1. The van der Waals surface area contributed by atoms with Gasteiger partial charge in [-0.15, -0.1) is 0 Å². The van der Waals surface area contributed by atoms with Crippen LogP contribution in [0.2, 0.25) is 0 Å². The fourth-order valence-electron chi connectivity index (χ4n) is 3.44. The normalized spacial score (nSPS) is 13.0. The molecule has 0 saturated carbocycles. The molecule has 6 heteroatoms. The molecule has 1 N–H and O–H groups in total. The van der Waals surface area contributed by atoms with Crippen molar-refractivity contribution in [3.63, 3.8) is 0 Å². The van der Waals surface area contributed by atoms with E-state index in [-0.39, 0.29) is 11.8 Å². The van der Waals surface area contributed by atoms with Crippen LogP contribution >= 0.6 is 0 Å².